The fraction of sp³-hybridized carbons (Fsp3) is 0.368. The van der Waals surface area contributed by atoms with Gasteiger partial charge < -0.3 is 9.47 Å². The van der Waals surface area contributed by atoms with E-state index in [9.17, 15) is 0 Å². The summed E-state index contributed by atoms with van der Waals surface area (Å²) in [6.45, 7) is 4.53. The van der Waals surface area contributed by atoms with Gasteiger partial charge in [-0.05, 0) is 54.3 Å². The van der Waals surface area contributed by atoms with Crippen LogP contribution in [0.4, 0.5) is 0 Å². The third-order valence-electron chi connectivity index (χ3n) is 4.44. The summed E-state index contributed by atoms with van der Waals surface area (Å²) in [7, 11) is 0. The Hall–Kier alpha value is -1.03. The van der Waals surface area contributed by atoms with Crippen molar-refractivity contribution in [2.45, 2.75) is 19.8 Å². The van der Waals surface area contributed by atoms with Crippen LogP contribution in [0.3, 0.4) is 0 Å². The summed E-state index contributed by atoms with van der Waals surface area (Å²) >= 11 is 9.75. The van der Waals surface area contributed by atoms with E-state index in [1.165, 1.54) is 5.56 Å². The van der Waals surface area contributed by atoms with E-state index in [-0.39, 0.29) is 5.41 Å². The Balaban J connectivity index is 1.62. The second-order valence-corrected chi connectivity index (χ2v) is 7.51. The zero-order valence-electron chi connectivity index (χ0n) is 13.1. The highest BCUT2D eigenvalue weighted by molar-refractivity contribution is 9.10. The molecule has 1 aliphatic heterocycles. The maximum Gasteiger partial charge on any atom is 0.119 e. The first-order valence-electron chi connectivity index (χ1n) is 7.84. The van der Waals surface area contributed by atoms with E-state index in [2.05, 4.69) is 41.1 Å². The summed E-state index contributed by atoms with van der Waals surface area (Å²) in [5.41, 5.74) is 2.54. The number of hydrogen-bond acceptors (Lipinski definition) is 2. The number of halogens is 2. The largest absolute Gasteiger partial charge is 0.493 e. The highest BCUT2D eigenvalue weighted by Gasteiger charge is 2.37. The minimum atomic E-state index is 0.211. The molecule has 0 N–H and O–H groups in total. The van der Waals surface area contributed by atoms with Gasteiger partial charge in [0.15, 0.2) is 0 Å². The topological polar surface area (TPSA) is 18.5 Å². The number of benzene rings is 2. The first-order valence-corrected chi connectivity index (χ1v) is 9.01. The summed E-state index contributed by atoms with van der Waals surface area (Å²) in [5, 5.41) is 0.795. The van der Waals surface area contributed by atoms with Gasteiger partial charge in [0.2, 0.25) is 0 Å². The van der Waals surface area contributed by atoms with Gasteiger partial charge in [0.05, 0.1) is 25.2 Å². The molecule has 0 atom stereocenters. The molecule has 2 aromatic carbocycles. The van der Waals surface area contributed by atoms with Gasteiger partial charge in [-0.25, -0.2) is 0 Å². The van der Waals surface area contributed by atoms with Crippen LogP contribution in [0.2, 0.25) is 5.02 Å². The molecule has 0 saturated carbocycles. The highest BCUT2D eigenvalue weighted by atomic mass is 79.9. The van der Waals surface area contributed by atoms with Crippen LogP contribution in [0.1, 0.15) is 24.5 Å². The normalized spacial score (nSPS) is 16.0. The molecule has 1 saturated heterocycles. The molecule has 4 heteroatoms. The zero-order chi connectivity index (χ0) is 16.3. The molecule has 1 aliphatic rings. The summed E-state index contributed by atoms with van der Waals surface area (Å²) in [5.74, 6) is 0.911. The summed E-state index contributed by atoms with van der Waals surface area (Å²) in [6.07, 6.45) is 1.90. The van der Waals surface area contributed by atoms with Gasteiger partial charge in [-0.3, -0.25) is 0 Å². The van der Waals surface area contributed by atoms with Crippen molar-refractivity contribution in [3.8, 4) is 5.75 Å². The van der Waals surface area contributed by atoms with E-state index >= 15 is 0 Å². The van der Waals surface area contributed by atoms with Crippen LogP contribution < -0.4 is 4.74 Å². The minimum Gasteiger partial charge on any atom is -0.493 e. The van der Waals surface area contributed by atoms with Crippen molar-refractivity contribution in [3.05, 3.63) is 63.1 Å². The first-order chi connectivity index (χ1) is 11.1. The molecule has 0 radical (unpaired) electrons. The van der Waals surface area contributed by atoms with E-state index in [1.54, 1.807) is 0 Å². The van der Waals surface area contributed by atoms with Gasteiger partial charge in [-0.15, -0.1) is 0 Å². The third kappa shape index (κ3) is 4.09. The van der Waals surface area contributed by atoms with Crippen LogP contribution in [0, 0.1) is 5.41 Å². The average molecular weight is 396 g/mol. The Morgan fingerprint density at radius 3 is 2.52 bits per heavy atom. The smallest absolute Gasteiger partial charge is 0.119 e. The predicted octanol–water partition coefficient (Wildman–Crippen LogP) is 5.50. The van der Waals surface area contributed by atoms with Crippen molar-refractivity contribution in [1.82, 2.24) is 0 Å². The van der Waals surface area contributed by atoms with Crippen LogP contribution in [0.15, 0.2) is 46.9 Å². The van der Waals surface area contributed by atoms with Crippen LogP contribution >= 0.6 is 27.5 Å². The van der Waals surface area contributed by atoms with E-state index in [0.717, 1.165) is 53.5 Å². The fourth-order valence-corrected chi connectivity index (χ4v) is 3.21. The molecule has 23 heavy (non-hydrogen) atoms. The third-order valence-corrected chi connectivity index (χ3v) is 5.30. The molecular formula is C19H20BrClO2. The molecule has 3 rings (SSSR count). The molecule has 0 bridgehead atoms. The second-order valence-electron chi connectivity index (χ2n) is 6.19. The zero-order valence-corrected chi connectivity index (χ0v) is 15.5. The Kier molecular flexibility index (Phi) is 5.30. The van der Waals surface area contributed by atoms with Crippen LogP contribution in [-0.2, 0) is 11.2 Å². The van der Waals surface area contributed by atoms with Crippen LogP contribution in [0.5, 0.6) is 5.75 Å². The lowest BCUT2D eigenvalue weighted by molar-refractivity contribution is -0.133. The molecule has 0 amide bonds. The summed E-state index contributed by atoms with van der Waals surface area (Å²) in [4.78, 5) is 0. The lowest BCUT2D eigenvalue weighted by Gasteiger charge is -2.40. The lowest BCUT2D eigenvalue weighted by Crippen LogP contribution is -2.46. The standard InChI is InChI=1S/C19H20BrClO2/c1-2-19(11-22-12-19)13-23-17-6-3-14(4-7-17)9-15-10-16(20)5-8-18(15)21/h3-8,10H,2,9,11-13H2,1H3. The quantitative estimate of drug-likeness (QED) is 0.643. The Bertz CT molecular complexity index is 660. The number of hydrogen-bond donors (Lipinski definition) is 0. The minimum absolute atomic E-state index is 0.211. The SMILES string of the molecule is CCC1(COc2ccc(Cc3cc(Br)ccc3Cl)cc2)COC1. The van der Waals surface area contributed by atoms with Gasteiger partial charge in [0, 0.05) is 9.50 Å². The molecule has 2 nitrogen and oxygen atoms in total. The Morgan fingerprint density at radius 2 is 1.91 bits per heavy atom. The van der Waals surface area contributed by atoms with E-state index in [0.29, 0.717) is 0 Å². The average Bonchev–Trinajstić information content (AvgIpc) is 2.52. The molecule has 1 heterocycles. The second kappa shape index (κ2) is 7.25. The number of ether oxygens (including phenoxy) is 2. The first kappa shape index (κ1) is 16.8. The van der Waals surface area contributed by atoms with Crippen molar-refractivity contribution in [2.24, 2.45) is 5.41 Å². The Labute approximate surface area is 150 Å². The molecular weight excluding hydrogens is 376 g/mol. The molecule has 1 fully saturated rings. The monoisotopic (exact) mass is 394 g/mol. The molecule has 2 aromatic rings. The Morgan fingerprint density at radius 1 is 1.17 bits per heavy atom. The summed E-state index contributed by atoms with van der Waals surface area (Å²) < 4.78 is 12.3. The van der Waals surface area contributed by atoms with Gasteiger partial charge in [-0.1, -0.05) is 46.6 Å². The maximum atomic E-state index is 6.26. The van der Waals surface area contributed by atoms with E-state index in [4.69, 9.17) is 21.1 Å². The molecule has 0 aromatic heterocycles. The molecule has 0 spiro atoms. The van der Waals surface area contributed by atoms with Crippen LogP contribution in [-0.4, -0.2) is 19.8 Å². The molecule has 0 aliphatic carbocycles. The highest BCUT2D eigenvalue weighted by Crippen LogP contribution is 2.32. The maximum absolute atomic E-state index is 6.26. The predicted molar refractivity (Wildman–Crippen MR) is 97.4 cm³/mol. The number of rotatable bonds is 6. The summed E-state index contributed by atoms with van der Waals surface area (Å²) in [6, 6.07) is 14.2. The van der Waals surface area contributed by atoms with Gasteiger partial charge >= 0.3 is 0 Å². The van der Waals surface area contributed by atoms with Crippen molar-refractivity contribution < 1.29 is 9.47 Å². The van der Waals surface area contributed by atoms with Crippen LogP contribution in [0.25, 0.3) is 0 Å². The molecule has 0 unspecified atom stereocenters. The van der Waals surface area contributed by atoms with Crippen molar-refractivity contribution in [1.29, 1.82) is 0 Å². The van der Waals surface area contributed by atoms with Gasteiger partial charge in [0.25, 0.3) is 0 Å². The fourth-order valence-electron chi connectivity index (χ4n) is 2.62. The lowest BCUT2D eigenvalue weighted by atomic mass is 9.84. The van der Waals surface area contributed by atoms with E-state index < -0.39 is 0 Å². The van der Waals surface area contributed by atoms with Crippen molar-refractivity contribution >= 4 is 27.5 Å². The van der Waals surface area contributed by atoms with Crippen molar-refractivity contribution in [3.63, 3.8) is 0 Å². The van der Waals surface area contributed by atoms with E-state index in [1.807, 2.05) is 24.3 Å². The van der Waals surface area contributed by atoms with Gasteiger partial charge in [0.1, 0.15) is 5.75 Å². The molecule has 122 valence electrons. The van der Waals surface area contributed by atoms with Gasteiger partial charge in [-0.2, -0.15) is 0 Å². The van der Waals surface area contributed by atoms with Crippen molar-refractivity contribution in [2.75, 3.05) is 19.8 Å².